The van der Waals surface area contributed by atoms with Gasteiger partial charge in [-0.2, -0.15) is 0 Å². The quantitative estimate of drug-likeness (QED) is 0.778. The second-order valence-electron chi connectivity index (χ2n) is 5.04. The summed E-state index contributed by atoms with van der Waals surface area (Å²) in [6.07, 6.45) is 2.94. The summed E-state index contributed by atoms with van der Waals surface area (Å²) in [4.78, 5) is 13.3. The molecule has 0 spiro atoms. The summed E-state index contributed by atoms with van der Waals surface area (Å²) < 4.78 is 0. The van der Waals surface area contributed by atoms with Crippen molar-refractivity contribution in [1.82, 2.24) is 4.90 Å². The molecule has 1 fully saturated rings. The van der Waals surface area contributed by atoms with Gasteiger partial charge in [0, 0.05) is 13.1 Å². The molecule has 0 aromatic carbocycles. The molecule has 0 bridgehead atoms. The highest BCUT2D eigenvalue weighted by Crippen LogP contribution is 2.24. The molecule has 1 aliphatic heterocycles. The maximum absolute atomic E-state index is 11.2. The highest BCUT2D eigenvalue weighted by atomic mass is 16.4. The van der Waals surface area contributed by atoms with E-state index in [9.17, 15) is 9.90 Å². The topological polar surface area (TPSA) is 40.5 Å². The predicted molar refractivity (Wildman–Crippen MR) is 60.8 cm³/mol. The van der Waals surface area contributed by atoms with E-state index in [-0.39, 0.29) is 6.04 Å². The molecule has 0 aliphatic carbocycles. The molecule has 0 radical (unpaired) electrons. The summed E-state index contributed by atoms with van der Waals surface area (Å²) in [6, 6.07) is -0.264. The molecule has 0 unspecified atom stereocenters. The molecule has 3 nitrogen and oxygen atoms in total. The van der Waals surface area contributed by atoms with E-state index in [1.165, 1.54) is 6.42 Å². The Morgan fingerprint density at radius 3 is 2.33 bits per heavy atom. The van der Waals surface area contributed by atoms with Crippen LogP contribution in [0.2, 0.25) is 0 Å². The zero-order chi connectivity index (χ0) is 11.4. The molecule has 3 heteroatoms. The van der Waals surface area contributed by atoms with Crippen LogP contribution in [0.4, 0.5) is 0 Å². The molecule has 0 amide bonds. The summed E-state index contributed by atoms with van der Waals surface area (Å²) >= 11 is 0. The number of piperidine rings is 1. The summed E-state index contributed by atoms with van der Waals surface area (Å²) in [7, 11) is 0. The van der Waals surface area contributed by atoms with Gasteiger partial charge in [0.2, 0.25) is 0 Å². The van der Waals surface area contributed by atoms with Crippen LogP contribution in [-0.4, -0.2) is 35.1 Å². The molecule has 1 saturated heterocycles. The van der Waals surface area contributed by atoms with Gasteiger partial charge in [-0.3, -0.25) is 9.69 Å². The standard InChI is InChI=1S/C12H23NO2/c1-4-5-11(12(14)15)13-7-9(2)6-10(3)8-13/h9-11H,4-8H2,1-3H3,(H,14,15)/t9-,10-,11+/m0/s1. The van der Waals surface area contributed by atoms with E-state index in [1.807, 2.05) is 6.92 Å². The Hall–Kier alpha value is -0.570. The number of nitrogens with zero attached hydrogens (tertiary/aromatic N) is 1. The number of hydrogen-bond donors (Lipinski definition) is 1. The Kier molecular flexibility index (Phi) is 4.58. The summed E-state index contributed by atoms with van der Waals surface area (Å²) in [6.45, 7) is 8.37. The van der Waals surface area contributed by atoms with Crippen LogP contribution in [0.25, 0.3) is 0 Å². The van der Waals surface area contributed by atoms with Gasteiger partial charge in [-0.1, -0.05) is 27.2 Å². The molecular formula is C12H23NO2. The van der Waals surface area contributed by atoms with E-state index < -0.39 is 5.97 Å². The van der Waals surface area contributed by atoms with E-state index >= 15 is 0 Å². The van der Waals surface area contributed by atoms with Crippen molar-refractivity contribution in [3.05, 3.63) is 0 Å². The SMILES string of the molecule is CCC[C@H](C(=O)O)N1C[C@@H](C)C[C@H](C)C1. The van der Waals surface area contributed by atoms with Gasteiger partial charge in [0.25, 0.3) is 0 Å². The fraction of sp³-hybridized carbons (Fsp3) is 0.917. The lowest BCUT2D eigenvalue weighted by Gasteiger charge is -2.38. The van der Waals surface area contributed by atoms with Gasteiger partial charge in [-0.15, -0.1) is 0 Å². The van der Waals surface area contributed by atoms with Crippen LogP contribution in [0.3, 0.4) is 0 Å². The van der Waals surface area contributed by atoms with E-state index in [0.29, 0.717) is 11.8 Å². The molecular weight excluding hydrogens is 190 g/mol. The van der Waals surface area contributed by atoms with Crippen molar-refractivity contribution in [2.75, 3.05) is 13.1 Å². The highest BCUT2D eigenvalue weighted by Gasteiger charge is 2.30. The molecule has 0 aromatic heterocycles. The predicted octanol–water partition coefficient (Wildman–Crippen LogP) is 2.22. The van der Waals surface area contributed by atoms with Gasteiger partial charge in [0.05, 0.1) is 0 Å². The van der Waals surface area contributed by atoms with Gasteiger partial charge in [-0.25, -0.2) is 0 Å². The zero-order valence-corrected chi connectivity index (χ0v) is 10.1. The van der Waals surface area contributed by atoms with E-state index in [0.717, 1.165) is 25.9 Å². The minimum Gasteiger partial charge on any atom is -0.480 e. The van der Waals surface area contributed by atoms with Crippen LogP contribution >= 0.6 is 0 Å². The minimum atomic E-state index is -0.654. The van der Waals surface area contributed by atoms with E-state index in [2.05, 4.69) is 18.7 Å². The van der Waals surface area contributed by atoms with Crippen LogP contribution in [0, 0.1) is 11.8 Å². The van der Waals surface area contributed by atoms with Crippen LogP contribution in [0.15, 0.2) is 0 Å². The highest BCUT2D eigenvalue weighted by molar-refractivity contribution is 5.73. The minimum absolute atomic E-state index is 0.264. The van der Waals surface area contributed by atoms with Crippen molar-refractivity contribution < 1.29 is 9.90 Å². The van der Waals surface area contributed by atoms with Crippen molar-refractivity contribution in [3.8, 4) is 0 Å². The van der Waals surface area contributed by atoms with Crippen molar-refractivity contribution in [3.63, 3.8) is 0 Å². The third-order valence-corrected chi connectivity index (χ3v) is 3.19. The van der Waals surface area contributed by atoms with Crippen LogP contribution in [-0.2, 0) is 4.79 Å². The first kappa shape index (κ1) is 12.5. The average molecular weight is 213 g/mol. The molecule has 1 N–H and O–H groups in total. The number of aliphatic carboxylic acids is 1. The molecule has 0 saturated carbocycles. The maximum Gasteiger partial charge on any atom is 0.320 e. The van der Waals surface area contributed by atoms with Crippen LogP contribution in [0.1, 0.15) is 40.0 Å². The second-order valence-corrected chi connectivity index (χ2v) is 5.04. The molecule has 3 atom stereocenters. The first-order chi connectivity index (χ1) is 7.04. The summed E-state index contributed by atoms with van der Waals surface area (Å²) in [5.74, 6) is 0.609. The lowest BCUT2D eigenvalue weighted by molar-refractivity contribution is -0.144. The van der Waals surface area contributed by atoms with Crippen LogP contribution in [0.5, 0.6) is 0 Å². The van der Waals surface area contributed by atoms with Crippen molar-refractivity contribution in [1.29, 1.82) is 0 Å². The number of rotatable bonds is 4. The first-order valence-electron chi connectivity index (χ1n) is 6.01. The molecule has 1 rings (SSSR count). The molecule has 0 aromatic rings. The van der Waals surface area contributed by atoms with Gasteiger partial charge < -0.3 is 5.11 Å². The Morgan fingerprint density at radius 1 is 1.40 bits per heavy atom. The number of likely N-dealkylation sites (tertiary alicyclic amines) is 1. The normalized spacial score (nSPS) is 30.1. The third kappa shape index (κ3) is 3.49. The maximum atomic E-state index is 11.2. The number of carboxylic acids is 1. The van der Waals surface area contributed by atoms with Gasteiger partial charge >= 0.3 is 5.97 Å². The fourth-order valence-electron chi connectivity index (χ4n) is 2.70. The van der Waals surface area contributed by atoms with Crippen LogP contribution < -0.4 is 0 Å². The Labute approximate surface area is 92.5 Å². The third-order valence-electron chi connectivity index (χ3n) is 3.19. The lowest BCUT2D eigenvalue weighted by Crippen LogP contribution is -2.48. The van der Waals surface area contributed by atoms with Crippen molar-refractivity contribution in [2.24, 2.45) is 11.8 Å². The number of carbonyl (C=O) groups is 1. The second kappa shape index (κ2) is 5.50. The first-order valence-corrected chi connectivity index (χ1v) is 6.01. The van der Waals surface area contributed by atoms with Gasteiger partial charge in [0.15, 0.2) is 0 Å². The number of hydrogen-bond acceptors (Lipinski definition) is 2. The van der Waals surface area contributed by atoms with Gasteiger partial charge in [0.1, 0.15) is 6.04 Å². The van der Waals surface area contributed by atoms with Crippen molar-refractivity contribution >= 4 is 5.97 Å². The average Bonchev–Trinajstić information content (AvgIpc) is 2.11. The molecule has 1 heterocycles. The molecule has 15 heavy (non-hydrogen) atoms. The van der Waals surface area contributed by atoms with Crippen molar-refractivity contribution in [2.45, 2.75) is 46.1 Å². The Balaban J connectivity index is 2.61. The number of carboxylic acid groups (broad SMARTS) is 1. The smallest absolute Gasteiger partial charge is 0.320 e. The lowest BCUT2D eigenvalue weighted by atomic mass is 9.90. The monoisotopic (exact) mass is 213 g/mol. The summed E-state index contributed by atoms with van der Waals surface area (Å²) in [5.41, 5.74) is 0. The molecule has 88 valence electrons. The molecule has 1 aliphatic rings. The van der Waals surface area contributed by atoms with E-state index in [1.54, 1.807) is 0 Å². The Morgan fingerprint density at radius 2 is 1.93 bits per heavy atom. The van der Waals surface area contributed by atoms with Gasteiger partial charge in [-0.05, 0) is 24.7 Å². The zero-order valence-electron chi connectivity index (χ0n) is 10.1. The Bertz CT molecular complexity index is 208. The van der Waals surface area contributed by atoms with E-state index in [4.69, 9.17) is 0 Å². The summed E-state index contributed by atoms with van der Waals surface area (Å²) in [5, 5.41) is 9.19. The fourth-order valence-corrected chi connectivity index (χ4v) is 2.70. The largest absolute Gasteiger partial charge is 0.480 e.